The Morgan fingerprint density at radius 2 is 2.13 bits per heavy atom. The molecule has 0 saturated carbocycles. The number of amides is 1. The van der Waals surface area contributed by atoms with Crippen LogP contribution in [0.4, 0.5) is 0 Å². The zero-order valence-electron chi connectivity index (χ0n) is 16.8. The van der Waals surface area contributed by atoms with Crippen molar-refractivity contribution in [2.45, 2.75) is 26.4 Å². The van der Waals surface area contributed by atoms with Gasteiger partial charge in [-0.2, -0.15) is 4.98 Å². The summed E-state index contributed by atoms with van der Waals surface area (Å²) in [6.07, 6.45) is 4.66. The number of carbonyl (C=O) groups is 1. The first kappa shape index (κ1) is 20.9. The number of halogens is 1. The van der Waals surface area contributed by atoms with Crippen molar-refractivity contribution in [1.29, 1.82) is 0 Å². The fraction of sp³-hybridized carbons (Fsp3) is 0.238. The maximum Gasteiger partial charge on any atom is 0.261 e. The van der Waals surface area contributed by atoms with Crippen LogP contribution in [0.3, 0.4) is 0 Å². The smallest absolute Gasteiger partial charge is 0.261 e. The number of fused-ring (bicyclic) bond motifs is 1. The monoisotopic (exact) mass is 482 g/mol. The summed E-state index contributed by atoms with van der Waals surface area (Å²) in [6, 6.07) is 8.33. The number of nitrogens with zero attached hydrogens (tertiary/aromatic N) is 5. The SMILES string of the molecule is CC(C)C(NC(=O)Cn1cnc2ccc(Br)cc2c1=O)c1nc(-c2cccnc2)no1. The van der Waals surface area contributed by atoms with Gasteiger partial charge in [-0.25, -0.2) is 4.98 Å². The molecular weight excluding hydrogens is 464 g/mol. The Morgan fingerprint density at radius 1 is 1.29 bits per heavy atom. The molecule has 158 valence electrons. The molecule has 0 fully saturated rings. The second-order valence-corrected chi connectivity index (χ2v) is 8.24. The molecule has 0 radical (unpaired) electrons. The standard InChI is InChI=1S/C21H19BrN6O3/c1-12(2)18(20-26-19(27-31-20)13-4-3-7-23-9-13)25-17(29)10-28-11-24-16-6-5-14(22)8-15(16)21(28)30/h3-9,11-12,18H,10H2,1-2H3,(H,25,29). The van der Waals surface area contributed by atoms with E-state index in [1.54, 1.807) is 30.6 Å². The lowest BCUT2D eigenvalue weighted by molar-refractivity contribution is -0.123. The highest BCUT2D eigenvalue weighted by Crippen LogP contribution is 2.23. The van der Waals surface area contributed by atoms with Crippen molar-refractivity contribution in [2.75, 3.05) is 0 Å². The molecule has 1 atom stereocenters. The minimum absolute atomic E-state index is 0.0199. The van der Waals surface area contributed by atoms with E-state index >= 15 is 0 Å². The van der Waals surface area contributed by atoms with Crippen molar-refractivity contribution in [1.82, 2.24) is 30.0 Å². The maximum absolute atomic E-state index is 12.7. The molecular formula is C21H19BrN6O3. The number of rotatable bonds is 6. The summed E-state index contributed by atoms with van der Waals surface area (Å²) < 4.78 is 7.44. The molecule has 0 aliphatic carbocycles. The van der Waals surface area contributed by atoms with Crippen LogP contribution in [0.25, 0.3) is 22.3 Å². The lowest BCUT2D eigenvalue weighted by atomic mass is 10.0. The third-order valence-electron chi connectivity index (χ3n) is 4.71. The predicted molar refractivity (Wildman–Crippen MR) is 117 cm³/mol. The summed E-state index contributed by atoms with van der Waals surface area (Å²) in [4.78, 5) is 38.2. The largest absolute Gasteiger partial charge is 0.342 e. The third-order valence-corrected chi connectivity index (χ3v) is 5.20. The minimum atomic E-state index is -0.510. The van der Waals surface area contributed by atoms with Gasteiger partial charge in [-0.05, 0) is 36.2 Å². The van der Waals surface area contributed by atoms with Gasteiger partial charge < -0.3 is 9.84 Å². The van der Waals surface area contributed by atoms with Gasteiger partial charge in [-0.15, -0.1) is 0 Å². The normalized spacial score (nSPS) is 12.3. The van der Waals surface area contributed by atoms with E-state index in [9.17, 15) is 9.59 Å². The van der Waals surface area contributed by atoms with Crippen LogP contribution in [0.5, 0.6) is 0 Å². The molecule has 9 nitrogen and oxygen atoms in total. The molecule has 0 aliphatic heterocycles. The van der Waals surface area contributed by atoms with E-state index in [1.165, 1.54) is 10.9 Å². The van der Waals surface area contributed by atoms with E-state index in [1.807, 2.05) is 26.0 Å². The fourth-order valence-corrected chi connectivity index (χ4v) is 3.47. The Kier molecular flexibility index (Phi) is 5.90. The number of nitrogens with one attached hydrogen (secondary N) is 1. The van der Waals surface area contributed by atoms with Gasteiger partial charge in [-0.1, -0.05) is 34.9 Å². The molecule has 0 spiro atoms. The molecule has 1 aromatic carbocycles. The zero-order valence-corrected chi connectivity index (χ0v) is 18.4. The molecule has 3 aromatic heterocycles. The van der Waals surface area contributed by atoms with Crippen LogP contribution >= 0.6 is 15.9 Å². The number of pyridine rings is 1. The van der Waals surface area contributed by atoms with E-state index in [2.05, 4.69) is 41.4 Å². The molecule has 0 bridgehead atoms. The second-order valence-electron chi connectivity index (χ2n) is 7.33. The highest BCUT2D eigenvalue weighted by Gasteiger charge is 2.25. The number of hydrogen-bond acceptors (Lipinski definition) is 7. The van der Waals surface area contributed by atoms with Crippen LogP contribution in [0.2, 0.25) is 0 Å². The van der Waals surface area contributed by atoms with Gasteiger partial charge in [0.25, 0.3) is 5.56 Å². The first-order valence-electron chi connectivity index (χ1n) is 9.60. The quantitative estimate of drug-likeness (QED) is 0.448. The zero-order chi connectivity index (χ0) is 22.0. The van der Waals surface area contributed by atoms with Crippen LogP contribution in [0, 0.1) is 5.92 Å². The molecule has 4 aromatic rings. The van der Waals surface area contributed by atoms with Crippen molar-refractivity contribution >= 4 is 32.7 Å². The van der Waals surface area contributed by atoms with Gasteiger partial charge in [0.2, 0.25) is 17.6 Å². The average Bonchev–Trinajstić information content (AvgIpc) is 3.25. The van der Waals surface area contributed by atoms with Crippen molar-refractivity contribution < 1.29 is 9.32 Å². The van der Waals surface area contributed by atoms with Crippen LogP contribution in [-0.4, -0.2) is 30.6 Å². The Bertz CT molecular complexity index is 1290. The number of aromatic nitrogens is 5. The molecule has 1 N–H and O–H groups in total. The summed E-state index contributed by atoms with van der Waals surface area (Å²) in [6.45, 7) is 3.68. The van der Waals surface area contributed by atoms with Gasteiger partial charge in [-0.3, -0.25) is 19.1 Å². The van der Waals surface area contributed by atoms with E-state index in [-0.39, 0.29) is 29.8 Å². The van der Waals surface area contributed by atoms with Gasteiger partial charge >= 0.3 is 0 Å². The van der Waals surface area contributed by atoms with Crippen molar-refractivity contribution in [2.24, 2.45) is 5.92 Å². The maximum atomic E-state index is 12.7. The summed E-state index contributed by atoms with van der Waals surface area (Å²) in [5, 5.41) is 7.31. The predicted octanol–water partition coefficient (Wildman–Crippen LogP) is 3.12. The average molecular weight is 483 g/mol. The molecule has 4 rings (SSSR count). The molecule has 1 amide bonds. The first-order chi connectivity index (χ1) is 14.9. The van der Waals surface area contributed by atoms with Crippen LogP contribution in [0.1, 0.15) is 25.8 Å². The lowest BCUT2D eigenvalue weighted by Gasteiger charge is -2.18. The van der Waals surface area contributed by atoms with Crippen LogP contribution in [0.15, 0.2) is 62.8 Å². The second kappa shape index (κ2) is 8.76. The third kappa shape index (κ3) is 4.53. The van der Waals surface area contributed by atoms with Gasteiger partial charge in [0, 0.05) is 22.4 Å². The molecule has 0 saturated heterocycles. The summed E-state index contributed by atoms with van der Waals surface area (Å²) in [5.41, 5.74) is 0.990. The van der Waals surface area contributed by atoms with Gasteiger partial charge in [0.05, 0.1) is 17.2 Å². The Hall–Kier alpha value is -3.40. The number of benzene rings is 1. The number of carbonyl (C=O) groups excluding carboxylic acids is 1. The highest BCUT2D eigenvalue weighted by atomic mass is 79.9. The van der Waals surface area contributed by atoms with Crippen molar-refractivity contribution in [3.63, 3.8) is 0 Å². The van der Waals surface area contributed by atoms with Crippen LogP contribution in [-0.2, 0) is 11.3 Å². The van der Waals surface area contributed by atoms with E-state index < -0.39 is 6.04 Å². The number of hydrogen-bond donors (Lipinski definition) is 1. The van der Waals surface area contributed by atoms with E-state index in [0.29, 0.717) is 22.3 Å². The van der Waals surface area contributed by atoms with Gasteiger partial charge in [0.15, 0.2) is 0 Å². The van der Waals surface area contributed by atoms with Crippen LogP contribution < -0.4 is 10.9 Å². The Labute approximate surface area is 185 Å². The molecule has 3 heterocycles. The Balaban J connectivity index is 1.54. The van der Waals surface area contributed by atoms with Crippen molar-refractivity contribution in [3.05, 3.63) is 69.8 Å². The summed E-state index contributed by atoms with van der Waals surface area (Å²) in [7, 11) is 0. The minimum Gasteiger partial charge on any atom is -0.342 e. The molecule has 31 heavy (non-hydrogen) atoms. The summed E-state index contributed by atoms with van der Waals surface area (Å²) >= 11 is 3.35. The topological polar surface area (TPSA) is 116 Å². The highest BCUT2D eigenvalue weighted by molar-refractivity contribution is 9.10. The van der Waals surface area contributed by atoms with E-state index in [0.717, 1.165) is 4.47 Å². The van der Waals surface area contributed by atoms with Crippen molar-refractivity contribution in [3.8, 4) is 11.4 Å². The van der Waals surface area contributed by atoms with E-state index in [4.69, 9.17) is 4.52 Å². The first-order valence-corrected chi connectivity index (χ1v) is 10.4. The summed E-state index contributed by atoms with van der Waals surface area (Å²) in [5.74, 6) is 0.297. The fourth-order valence-electron chi connectivity index (χ4n) is 3.10. The lowest BCUT2D eigenvalue weighted by Crippen LogP contribution is -2.36. The molecule has 0 aliphatic rings. The van der Waals surface area contributed by atoms with Gasteiger partial charge in [0.1, 0.15) is 12.6 Å². The molecule has 10 heteroatoms. The Morgan fingerprint density at radius 3 is 2.87 bits per heavy atom. The molecule has 1 unspecified atom stereocenters.